The van der Waals surface area contributed by atoms with Gasteiger partial charge in [0.25, 0.3) is 0 Å². The number of aryl methyl sites for hydroxylation is 8. The predicted octanol–water partition coefficient (Wildman–Crippen LogP) is 26.4. The first-order chi connectivity index (χ1) is 70.1. The maximum Gasteiger partial charge on any atom is 0.303 e. The number of esters is 1. The van der Waals surface area contributed by atoms with Gasteiger partial charge in [-0.1, -0.05) is 180 Å². The van der Waals surface area contributed by atoms with E-state index in [4.69, 9.17) is 49.2 Å². The van der Waals surface area contributed by atoms with Crippen LogP contribution in [0.1, 0.15) is 114 Å². The van der Waals surface area contributed by atoms with Gasteiger partial charge in [-0.05, 0) is 259 Å². The Morgan fingerprint density at radius 3 is 1.11 bits per heavy atom. The second kappa shape index (κ2) is 45.8. The van der Waals surface area contributed by atoms with Crippen molar-refractivity contribution in [1.29, 1.82) is 0 Å². The number of Topliss-reactive ketones (excluding diaryl/α,β-unsaturated/α-hetero) is 5. The predicted molar refractivity (Wildman–Crippen MR) is 573 cm³/mol. The molecule has 0 saturated carbocycles. The highest BCUT2D eigenvalue weighted by Gasteiger charge is 2.39. The van der Waals surface area contributed by atoms with Crippen LogP contribution >= 0.6 is 11.6 Å². The summed E-state index contributed by atoms with van der Waals surface area (Å²) < 4.78 is 71.7. The van der Waals surface area contributed by atoms with Gasteiger partial charge in [0.2, 0.25) is 0 Å². The van der Waals surface area contributed by atoms with Crippen LogP contribution in [0.4, 0.5) is 46.0 Å². The van der Waals surface area contributed by atoms with Gasteiger partial charge in [0.15, 0.2) is 63.0 Å². The van der Waals surface area contributed by atoms with E-state index in [1.807, 2.05) is 155 Å². The van der Waals surface area contributed by atoms with Gasteiger partial charge in [0.1, 0.15) is 45.7 Å². The molecular weight excluding hydrogens is 1890 g/mol. The highest BCUT2D eigenvalue weighted by atomic mass is 35.5. The number of carbonyl (C=O) groups excluding carboxylic acids is 6. The van der Waals surface area contributed by atoms with Crippen LogP contribution in [0.15, 0.2) is 274 Å². The molecular formula is C122H111ClF4N10O11. The summed E-state index contributed by atoms with van der Waals surface area (Å²) in [6, 6.07) is 70.7. The third-order valence-corrected chi connectivity index (χ3v) is 26.7. The number of benzene rings is 12. The third-order valence-electron chi connectivity index (χ3n) is 26.4. The molecule has 0 aliphatic rings. The lowest BCUT2D eigenvalue weighted by atomic mass is 9.93. The number of ketones is 5. The lowest BCUT2D eigenvalue weighted by Gasteiger charge is -2.29. The minimum Gasteiger partial charge on any atom is -0.450 e. The number of aliphatic hydroxyl groups is 4. The number of hydrogen-bond acceptors (Lipinski definition) is 11. The molecule has 0 amide bonds. The maximum absolute atomic E-state index is 15.2. The molecule has 17 aromatic rings. The fourth-order valence-corrected chi connectivity index (χ4v) is 18.3. The Kier molecular flexibility index (Phi) is 33.7. The number of carbonyl (C=O) groups is 6. The zero-order chi connectivity index (χ0) is 107. The average Bonchev–Trinajstić information content (AvgIpc) is 1.96. The van der Waals surface area contributed by atoms with E-state index in [9.17, 15) is 62.4 Å². The minimum atomic E-state index is -1.69. The van der Waals surface area contributed by atoms with E-state index < -0.39 is 39.8 Å². The van der Waals surface area contributed by atoms with Crippen LogP contribution in [0, 0.1) is 112 Å². The first-order valence-corrected chi connectivity index (χ1v) is 48.0. The van der Waals surface area contributed by atoms with Crippen LogP contribution < -0.4 is 0 Å². The molecule has 5 aromatic heterocycles. The SMILES string of the molecule is [C-]#[N+]c1ccc(CC(=O)[C@@](C)(O)Cn2cc(Cl)c3cc(C)ccc32)cc1C.[C-]#[N+]c1ccc(CC(=O)[C@@](C)(O)Cn2cc(F)c3cc(C)ccc32)cc1C.[C-]#[N+]c1ccc(CC(=O)[C@@](C)(O)Cn2ccc3c(F)c(-c4ccccc4)ccc32)cc1C.[C-]#[N+]c1ccc(CC(=O)[C@@](C)(O)Cn2ccc3c(F)cc(-c4ccc(F)cc4)cc32)cc1C.[C-]#[N+]c1ccc(CC(=O)[C@](C)(Cn2ccc3cc(C)ccc32)OC(C)=O)cc1C. The number of rotatable bonds is 28. The Hall–Kier alpha value is -16.5. The zero-order valence-corrected chi connectivity index (χ0v) is 85.3. The molecule has 0 spiro atoms. The summed E-state index contributed by atoms with van der Waals surface area (Å²) in [7, 11) is 0. The van der Waals surface area contributed by atoms with Crippen LogP contribution in [0.3, 0.4) is 0 Å². The van der Waals surface area contributed by atoms with Crippen molar-refractivity contribution >= 4 is 129 Å². The molecule has 0 bridgehead atoms. The van der Waals surface area contributed by atoms with Gasteiger partial charge in [-0.15, -0.1) is 0 Å². The minimum absolute atomic E-state index is 0.0125. The molecule has 17 rings (SSSR count). The standard InChI is InChI=1S/C27H22F2N2O2.C27H23FN2O2.C24H24N2O3.C22H21ClN2O2.C22H21FN2O2/c1-17-12-18(4-9-24(17)30-3)13-26(32)27(2,33)16-31-11-10-22-23(29)14-20(15-25(22)31)19-5-7-21(28)8-6-19;1-18-15-19(9-11-23(18)29-3)16-25(31)27(2,32)17-30-14-13-22-24(30)12-10-21(26(22)28)20-7-5-4-6-8-20;1-16-6-9-22-20(12-16)10-11-26(22)15-24(4,29-18(3)27)23(28)14-19-7-8-21(25-5)17(2)13-19;2*1-14-5-8-20-17(9-14)18(23)12-25(20)13-22(3,27)21(26)11-16-6-7-19(24-4)15(2)10-16/h4-12,14-15,33H,13,16H2,1-2H3;4-15,32H,16-17H2,1-2H3;6-13H,14-15H2,1-4H3;2*5-10,12,27H,11,13H2,1-3H3/t2*27-;24-;2*22-/m00000/s1. The second-order valence-corrected chi connectivity index (χ2v) is 39.3. The van der Waals surface area contributed by atoms with E-state index >= 15 is 4.39 Å². The largest absolute Gasteiger partial charge is 0.450 e. The topological polar surface area (TPSA) is 239 Å². The quantitative estimate of drug-likeness (QED) is 0.0204. The van der Waals surface area contributed by atoms with E-state index in [0.29, 0.717) is 88.4 Å². The summed E-state index contributed by atoms with van der Waals surface area (Å²) >= 11 is 6.32. The molecule has 750 valence electrons. The second-order valence-electron chi connectivity index (χ2n) is 38.9. The molecule has 0 radical (unpaired) electrons. The van der Waals surface area contributed by atoms with Crippen molar-refractivity contribution in [2.75, 3.05) is 0 Å². The number of halogens is 5. The van der Waals surface area contributed by atoms with Gasteiger partial charge in [0, 0.05) is 108 Å². The van der Waals surface area contributed by atoms with Gasteiger partial charge >= 0.3 is 5.97 Å². The molecule has 0 fully saturated rings. The van der Waals surface area contributed by atoms with E-state index in [-0.39, 0.29) is 111 Å². The number of ether oxygens (including phenoxy) is 1. The maximum atomic E-state index is 15.2. The van der Waals surface area contributed by atoms with Gasteiger partial charge in [0.05, 0.1) is 87.2 Å². The molecule has 148 heavy (non-hydrogen) atoms. The third kappa shape index (κ3) is 25.9. The zero-order valence-electron chi connectivity index (χ0n) is 84.6. The van der Waals surface area contributed by atoms with Crippen LogP contribution in [-0.4, -0.2) is 106 Å². The molecule has 21 nitrogen and oxygen atoms in total. The highest BCUT2D eigenvalue weighted by Crippen LogP contribution is 2.38. The van der Waals surface area contributed by atoms with Crippen LogP contribution in [-0.2, 0) is 98.3 Å². The first-order valence-electron chi connectivity index (χ1n) is 47.6. The summed E-state index contributed by atoms with van der Waals surface area (Å²) in [5, 5.41) is 47.4. The normalized spacial score (nSPS) is 13.1. The van der Waals surface area contributed by atoms with E-state index in [2.05, 4.69) is 30.3 Å². The van der Waals surface area contributed by atoms with Gasteiger partial charge < -0.3 is 48.0 Å². The van der Waals surface area contributed by atoms with Crippen LogP contribution in [0.5, 0.6) is 0 Å². The van der Waals surface area contributed by atoms with Crippen molar-refractivity contribution in [3.05, 3.63) is 431 Å². The Balaban J connectivity index is 0.000000155. The lowest BCUT2D eigenvalue weighted by Crippen LogP contribution is -2.44. The fraction of sp³-hybridized carbons (Fsp3) is 0.238. The summed E-state index contributed by atoms with van der Waals surface area (Å²) in [5.41, 5.74) is 12.2. The van der Waals surface area contributed by atoms with Crippen molar-refractivity contribution < 1.29 is 71.5 Å². The Bertz CT molecular complexity index is 8080. The highest BCUT2D eigenvalue weighted by molar-refractivity contribution is 6.35. The van der Waals surface area contributed by atoms with Gasteiger partial charge in [-0.2, -0.15) is 0 Å². The van der Waals surface area contributed by atoms with Gasteiger partial charge in [-0.25, -0.2) is 41.8 Å². The smallest absolute Gasteiger partial charge is 0.303 e. The summed E-state index contributed by atoms with van der Waals surface area (Å²) in [6.45, 7) is 59.8. The number of nitrogens with zero attached hydrogens (tertiary/aromatic N) is 10. The number of hydrogen-bond donors (Lipinski definition) is 4. The Labute approximate surface area is 861 Å². The molecule has 0 aliphatic heterocycles. The molecule has 5 atom stereocenters. The first kappa shape index (κ1) is 109. The molecule has 5 heterocycles. The molecule has 0 saturated heterocycles. The summed E-state index contributed by atoms with van der Waals surface area (Å²) in [4.78, 5) is 93.3. The molecule has 12 aromatic carbocycles. The molecule has 4 N–H and O–H groups in total. The van der Waals surface area contributed by atoms with Crippen molar-refractivity contribution in [2.45, 2.75) is 190 Å². The van der Waals surface area contributed by atoms with Crippen LogP contribution in [0.25, 0.3) is 101 Å². The molecule has 0 aliphatic carbocycles. The molecule has 26 heteroatoms. The van der Waals surface area contributed by atoms with Gasteiger partial charge in [-0.3, -0.25) is 28.8 Å². The lowest BCUT2D eigenvalue weighted by molar-refractivity contribution is -0.165. The monoisotopic (exact) mass is 2000 g/mol. The Morgan fingerprint density at radius 2 is 0.689 bits per heavy atom. The molecule has 0 unspecified atom stereocenters. The summed E-state index contributed by atoms with van der Waals surface area (Å²) in [6.07, 6.45) is 8.67. The average molecular weight is 2000 g/mol. The Morgan fingerprint density at radius 1 is 0.331 bits per heavy atom. The summed E-state index contributed by atoms with van der Waals surface area (Å²) in [5.74, 6) is -3.54. The van der Waals surface area contributed by atoms with Crippen LogP contribution in [0.2, 0.25) is 5.02 Å². The van der Waals surface area contributed by atoms with E-state index in [0.717, 1.165) is 94.1 Å². The van der Waals surface area contributed by atoms with E-state index in [1.165, 1.54) is 59.0 Å². The van der Waals surface area contributed by atoms with Crippen molar-refractivity contribution in [3.63, 3.8) is 0 Å². The van der Waals surface area contributed by atoms with Crippen molar-refractivity contribution in [2.24, 2.45) is 0 Å². The fourth-order valence-electron chi connectivity index (χ4n) is 18.0. The van der Waals surface area contributed by atoms with Crippen molar-refractivity contribution in [3.8, 4) is 22.3 Å². The van der Waals surface area contributed by atoms with E-state index in [1.54, 1.807) is 174 Å². The number of aromatic nitrogens is 5. The number of fused-ring (bicyclic) bond motifs is 5. The van der Waals surface area contributed by atoms with Crippen molar-refractivity contribution in [1.82, 2.24) is 22.8 Å².